The largest absolute Gasteiger partial charge is 0.497 e. The highest BCUT2D eigenvalue weighted by Crippen LogP contribution is 2.36. The Hall–Kier alpha value is -2.11. The van der Waals surface area contributed by atoms with Gasteiger partial charge in [0.05, 0.1) is 17.7 Å². The number of anilines is 1. The minimum atomic E-state index is -0.0820. The van der Waals surface area contributed by atoms with Crippen LogP contribution in [0.15, 0.2) is 53.4 Å². The first-order valence-corrected chi connectivity index (χ1v) is 8.29. The van der Waals surface area contributed by atoms with Gasteiger partial charge in [-0.1, -0.05) is 48.2 Å². The summed E-state index contributed by atoms with van der Waals surface area (Å²) in [7, 11) is 1.63. The molecule has 0 aromatic heterocycles. The van der Waals surface area contributed by atoms with Crippen molar-refractivity contribution in [3.8, 4) is 5.75 Å². The number of carbonyl (C=O) groups is 1. The zero-order chi connectivity index (χ0) is 16.4. The lowest BCUT2D eigenvalue weighted by Crippen LogP contribution is -2.27. The van der Waals surface area contributed by atoms with Crippen LogP contribution in [0.25, 0.3) is 6.08 Å². The number of amides is 1. The Balaban J connectivity index is 1.89. The number of benzene rings is 2. The molecule has 23 heavy (non-hydrogen) atoms. The molecule has 1 aliphatic heterocycles. The second-order valence-corrected chi connectivity index (χ2v) is 6.81. The van der Waals surface area contributed by atoms with Crippen LogP contribution in [0, 0.1) is 6.92 Å². The van der Waals surface area contributed by atoms with Crippen LogP contribution in [-0.4, -0.2) is 17.3 Å². The van der Waals surface area contributed by atoms with E-state index in [0.717, 1.165) is 22.6 Å². The van der Waals surface area contributed by atoms with Gasteiger partial charge in [0.25, 0.3) is 5.91 Å². The van der Waals surface area contributed by atoms with E-state index in [4.69, 9.17) is 17.0 Å². The molecule has 0 aliphatic carbocycles. The second-order valence-electron chi connectivity index (χ2n) is 5.13. The zero-order valence-electron chi connectivity index (χ0n) is 12.8. The number of rotatable bonds is 3. The summed E-state index contributed by atoms with van der Waals surface area (Å²) in [5, 5.41) is 0. The molecule has 2 aromatic carbocycles. The van der Waals surface area contributed by atoms with E-state index < -0.39 is 0 Å². The van der Waals surface area contributed by atoms with Crippen molar-refractivity contribution in [2.24, 2.45) is 0 Å². The van der Waals surface area contributed by atoms with Gasteiger partial charge in [0.15, 0.2) is 4.32 Å². The molecule has 0 saturated carbocycles. The topological polar surface area (TPSA) is 29.5 Å². The van der Waals surface area contributed by atoms with Crippen LogP contribution in [0.5, 0.6) is 5.75 Å². The molecule has 3 rings (SSSR count). The highest BCUT2D eigenvalue weighted by molar-refractivity contribution is 8.27. The van der Waals surface area contributed by atoms with E-state index in [1.165, 1.54) is 11.8 Å². The van der Waals surface area contributed by atoms with Crippen molar-refractivity contribution >= 4 is 46.0 Å². The summed E-state index contributed by atoms with van der Waals surface area (Å²) in [5.74, 6) is 0.705. The molecule has 3 nitrogen and oxygen atoms in total. The van der Waals surface area contributed by atoms with Crippen LogP contribution in [0.1, 0.15) is 11.1 Å². The van der Waals surface area contributed by atoms with Crippen LogP contribution in [-0.2, 0) is 4.79 Å². The number of hydrogen-bond donors (Lipinski definition) is 0. The van der Waals surface area contributed by atoms with Crippen molar-refractivity contribution in [3.63, 3.8) is 0 Å². The van der Waals surface area contributed by atoms with Crippen LogP contribution in [0.3, 0.4) is 0 Å². The van der Waals surface area contributed by atoms with Crippen LogP contribution >= 0.6 is 24.0 Å². The first kappa shape index (κ1) is 15.8. The third-order valence-corrected chi connectivity index (χ3v) is 4.77. The number of hydrogen-bond acceptors (Lipinski definition) is 4. The summed E-state index contributed by atoms with van der Waals surface area (Å²) in [6, 6.07) is 15.3. The molecule has 1 heterocycles. The summed E-state index contributed by atoms with van der Waals surface area (Å²) in [4.78, 5) is 14.9. The normalized spacial score (nSPS) is 16.3. The van der Waals surface area contributed by atoms with Gasteiger partial charge in [0.2, 0.25) is 0 Å². The fourth-order valence-electron chi connectivity index (χ4n) is 2.31. The van der Waals surface area contributed by atoms with Gasteiger partial charge in [0, 0.05) is 0 Å². The maximum atomic E-state index is 12.7. The molecule has 0 spiro atoms. The maximum Gasteiger partial charge on any atom is 0.270 e. The van der Waals surface area contributed by atoms with Gasteiger partial charge in [0.1, 0.15) is 5.75 Å². The molecule has 1 aliphatic rings. The zero-order valence-corrected chi connectivity index (χ0v) is 14.4. The number of methoxy groups -OCH3 is 1. The Morgan fingerprint density at radius 1 is 1.17 bits per heavy atom. The third kappa shape index (κ3) is 3.30. The number of ether oxygens (including phenoxy) is 1. The van der Waals surface area contributed by atoms with Crippen molar-refractivity contribution < 1.29 is 9.53 Å². The van der Waals surface area contributed by atoms with E-state index in [2.05, 4.69) is 0 Å². The summed E-state index contributed by atoms with van der Waals surface area (Å²) < 4.78 is 5.70. The Kier molecular flexibility index (Phi) is 4.50. The molecule has 1 amide bonds. The first-order chi connectivity index (χ1) is 11.1. The number of aryl methyl sites for hydroxylation is 1. The van der Waals surface area contributed by atoms with Gasteiger partial charge in [-0.15, -0.1) is 0 Å². The third-order valence-electron chi connectivity index (χ3n) is 3.47. The second kappa shape index (κ2) is 6.56. The SMILES string of the molecule is COc1ccc(C=C2SC(=S)N(c3cccc(C)c3)C2=O)cc1. The molecule has 1 fully saturated rings. The Morgan fingerprint density at radius 2 is 1.91 bits per heavy atom. The molecule has 0 radical (unpaired) electrons. The number of thiocarbonyl (C=S) groups is 1. The number of thioether (sulfide) groups is 1. The molecule has 0 N–H and O–H groups in total. The fourth-order valence-corrected chi connectivity index (χ4v) is 3.61. The summed E-state index contributed by atoms with van der Waals surface area (Å²) in [6.07, 6.45) is 1.86. The number of carbonyl (C=O) groups excluding carboxylic acids is 1. The van der Waals surface area contributed by atoms with Gasteiger partial charge in [-0.05, 0) is 48.4 Å². The molecule has 0 atom stereocenters. The predicted molar refractivity (Wildman–Crippen MR) is 99.8 cm³/mol. The fraction of sp³-hybridized carbons (Fsp3) is 0.111. The van der Waals surface area contributed by atoms with Crippen molar-refractivity contribution in [3.05, 3.63) is 64.6 Å². The number of nitrogens with zero attached hydrogens (tertiary/aromatic N) is 1. The standard InChI is InChI=1S/C18H15NO2S2/c1-12-4-3-5-14(10-12)19-17(20)16(23-18(19)22)11-13-6-8-15(21-2)9-7-13/h3-11H,1-2H3. The van der Waals surface area contributed by atoms with E-state index in [1.54, 1.807) is 12.0 Å². The van der Waals surface area contributed by atoms with Crippen molar-refractivity contribution in [2.45, 2.75) is 6.92 Å². The Morgan fingerprint density at radius 3 is 2.57 bits per heavy atom. The molecule has 0 bridgehead atoms. The molecule has 0 unspecified atom stereocenters. The lowest BCUT2D eigenvalue weighted by Gasteiger charge is -2.14. The van der Waals surface area contributed by atoms with Gasteiger partial charge < -0.3 is 4.74 Å². The monoisotopic (exact) mass is 341 g/mol. The minimum absolute atomic E-state index is 0.0820. The average molecular weight is 341 g/mol. The maximum absolute atomic E-state index is 12.7. The van der Waals surface area contributed by atoms with Crippen molar-refractivity contribution in [1.29, 1.82) is 0 Å². The van der Waals surface area contributed by atoms with Crippen molar-refractivity contribution in [1.82, 2.24) is 0 Å². The lowest BCUT2D eigenvalue weighted by molar-refractivity contribution is -0.113. The highest BCUT2D eigenvalue weighted by atomic mass is 32.2. The molecular weight excluding hydrogens is 326 g/mol. The van der Waals surface area contributed by atoms with Crippen LogP contribution in [0.2, 0.25) is 0 Å². The van der Waals surface area contributed by atoms with E-state index in [1.807, 2.05) is 61.5 Å². The molecule has 116 valence electrons. The van der Waals surface area contributed by atoms with Gasteiger partial charge >= 0.3 is 0 Å². The lowest BCUT2D eigenvalue weighted by atomic mass is 10.2. The average Bonchev–Trinajstić information content (AvgIpc) is 2.82. The summed E-state index contributed by atoms with van der Waals surface area (Å²) in [6.45, 7) is 1.99. The van der Waals surface area contributed by atoms with E-state index in [0.29, 0.717) is 9.23 Å². The molecular formula is C18H15NO2S2. The quantitative estimate of drug-likeness (QED) is 0.611. The van der Waals surface area contributed by atoms with E-state index >= 15 is 0 Å². The smallest absolute Gasteiger partial charge is 0.270 e. The van der Waals surface area contributed by atoms with Crippen LogP contribution in [0.4, 0.5) is 5.69 Å². The van der Waals surface area contributed by atoms with Crippen LogP contribution < -0.4 is 9.64 Å². The summed E-state index contributed by atoms with van der Waals surface area (Å²) >= 11 is 6.71. The predicted octanol–water partition coefficient (Wildman–Crippen LogP) is 4.41. The highest BCUT2D eigenvalue weighted by Gasteiger charge is 2.33. The Bertz CT molecular complexity index is 797. The van der Waals surface area contributed by atoms with Gasteiger partial charge in [-0.2, -0.15) is 0 Å². The molecule has 5 heteroatoms. The van der Waals surface area contributed by atoms with Gasteiger partial charge in [-0.25, -0.2) is 0 Å². The van der Waals surface area contributed by atoms with Crippen molar-refractivity contribution in [2.75, 3.05) is 12.0 Å². The minimum Gasteiger partial charge on any atom is -0.497 e. The first-order valence-electron chi connectivity index (χ1n) is 7.07. The van der Waals surface area contributed by atoms with E-state index in [9.17, 15) is 4.79 Å². The van der Waals surface area contributed by atoms with E-state index in [-0.39, 0.29) is 5.91 Å². The molecule has 1 saturated heterocycles. The Labute approximate surface area is 144 Å². The summed E-state index contributed by atoms with van der Waals surface area (Å²) in [5.41, 5.74) is 2.84. The molecule has 2 aromatic rings. The van der Waals surface area contributed by atoms with Gasteiger partial charge in [-0.3, -0.25) is 9.69 Å².